The van der Waals surface area contributed by atoms with Crippen LogP contribution in [0, 0.1) is 12.8 Å². The van der Waals surface area contributed by atoms with Crippen LogP contribution in [0.4, 0.5) is 11.6 Å². The zero-order valence-electron chi connectivity index (χ0n) is 21.3. The van der Waals surface area contributed by atoms with Gasteiger partial charge in [-0.1, -0.05) is 36.8 Å². The predicted molar refractivity (Wildman–Crippen MR) is 138 cm³/mol. The number of hydrogen-bond donors (Lipinski definition) is 1. The van der Waals surface area contributed by atoms with E-state index in [1.807, 2.05) is 55.5 Å². The van der Waals surface area contributed by atoms with E-state index < -0.39 is 23.3 Å². The van der Waals surface area contributed by atoms with Crippen LogP contribution in [-0.4, -0.2) is 46.5 Å². The van der Waals surface area contributed by atoms with E-state index in [4.69, 9.17) is 14.2 Å². The predicted octanol–water partition coefficient (Wildman–Crippen LogP) is 2.87. The number of aromatic nitrogens is 3. The molecule has 37 heavy (non-hydrogen) atoms. The number of carbonyl (C=O) groups excluding carboxylic acids is 1. The topological polar surface area (TPSA) is 114 Å². The molecule has 1 N–H and O–H groups in total. The largest absolute Gasteiger partial charge is 0.490 e. The molecule has 1 atom stereocenters. The molecule has 0 unspecified atom stereocenters. The average molecular weight is 509 g/mol. The van der Waals surface area contributed by atoms with Crippen molar-refractivity contribution in [1.29, 1.82) is 0 Å². The van der Waals surface area contributed by atoms with Crippen LogP contribution in [0.25, 0.3) is 0 Å². The molecule has 0 saturated carbocycles. The van der Waals surface area contributed by atoms with E-state index in [9.17, 15) is 14.4 Å². The second kappa shape index (κ2) is 11.9. The standard InChI is InChI=1S/C27H32N4O6/c1-18-4-6-20(7-5-18)17-30-25(29-26(33)31(27(30)34)16-19(2)24(32)35-3)28-21-8-10-22(11-9-21)37-23-12-14-36-15-13-23/h4-11,19,23H,12-17H2,1-3H3,(H,28,29,33)/t19-/m0/s1. The fraction of sp³-hybridized carbons (Fsp3) is 0.407. The molecule has 2 aromatic carbocycles. The fourth-order valence-corrected chi connectivity index (χ4v) is 4.08. The van der Waals surface area contributed by atoms with E-state index in [2.05, 4.69) is 10.3 Å². The lowest BCUT2D eigenvalue weighted by Gasteiger charge is -2.23. The third-order valence-electron chi connectivity index (χ3n) is 6.25. The number of ether oxygens (including phenoxy) is 3. The van der Waals surface area contributed by atoms with Crippen LogP contribution in [0.5, 0.6) is 5.75 Å². The minimum absolute atomic E-state index is 0.107. The van der Waals surface area contributed by atoms with Crippen molar-refractivity contribution in [1.82, 2.24) is 14.1 Å². The highest BCUT2D eigenvalue weighted by molar-refractivity contribution is 5.71. The molecular weight excluding hydrogens is 476 g/mol. The number of nitrogens with zero attached hydrogens (tertiary/aromatic N) is 3. The van der Waals surface area contributed by atoms with Crippen molar-refractivity contribution in [2.24, 2.45) is 5.92 Å². The third kappa shape index (κ3) is 6.65. The number of esters is 1. The zero-order chi connectivity index (χ0) is 26.4. The van der Waals surface area contributed by atoms with E-state index in [1.165, 1.54) is 11.7 Å². The summed E-state index contributed by atoms with van der Waals surface area (Å²) in [5.74, 6) is -0.362. The minimum Gasteiger partial charge on any atom is -0.490 e. The Morgan fingerprint density at radius 1 is 1.08 bits per heavy atom. The van der Waals surface area contributed by atoms with Gasteiger partial charge in [0, 0.05) is 25.1 Å². The highest BCUT2D eigenvalue weighted by Gasteiger charge is 2.20. The Hall–Kier alpha value is -3.92. The number of aryl methyl sites for hydroxylation is 1. The highest BCUT2D eigenvalue weighted by Crippen LogP contribution is 2.22. The van der Waals surface area contributed by atoms with Gasteiger partial charge in [-0.15, -0.1) is 0 Å². The molecule has 10 nitrogen and oxygen atoms in total. The van der Waals surface area contributed by atoms with Crippen LogP contribution < -0.4 is 21.4 Å². The number of benzene rings is 2. The van der Waals surface area contributed by atoms with Crippen LogP contribution >= 0.6 is 0 Å². The van der Waals surface area contributed by atoms with Gasteiger partial charge in [-0.3, -0.25) is 9.36 Å². The van der Waals surface area contributed by atoms with Crippen molar-refractivity contribution in [3.8, 4) is 5.75 Å². The van der Waals surface area contributed by atoms with Crippen LogP contribution in [-0.2, 0) is 27.4 Å². The van der Waals surface area contributed by atoms with Gasteiger partial charge in [0.05, 0.1) is 32.8 Å². The molecule has 0 spiro atoms. The molecule has 1 aliphatic rings. The van der Waals surface area contributed by atoms with Crippen LogP contribution in [0.1, 0.15) is 30.9 Å². The lowest BCUT2D eigenvalue weighted by molar-refractivity contribution is -0.145. The number of nitrogens with one attached hydrogen (secondary N) is 1. The monoisotopic (exact) mass is 508 g/mol. The summed E-state index contributed by atoms with van der Waals surface area (Å²) >= 11 is 0. The number of anilines is 2. The van der Waals surface area contributed by atoms with Gasteiger partial charge in [0.25, 0.3) is 0 Å². The summed E-state index contributed by atoms with van der Waals surface area (Å²) in [6, 6.07) is 15.0. The first kappa shape index (κ1) is 26.2. The normalized spacial score (nSPS) is 14.7. The lowest BCUT2D eigenvalue weighted by atomic mass is 10.1. The summed E-state index contributed by atoms with van der Waals surface area (Å²) in [6.07, 6.45) is 1.81. The van der Waals surface area contributed by atoms with E-state index in [-0.39, 0.29) is 25.1 Å². The molecular formula is C27H32N4O6. The Morgan fingerprint density at radius 3 is 2.41 bits per heavy atom. The zero-order valence-corrected chi connectivity index (χ0v) is 21.3. The Kier molecular flexibility index (Phi) is 8.39. The quantitative estimate of drug-likeness (QED) is 0.439. The molecule has 10 heteroatoms. The van der Waals surface area contributed by atoms with Crippen molar-refractivity contribution in [2.45, 2.75) is 45.9 Å². The number of rotatable bonds is 9. The summed E-state index contributed by atoms with van der Waals surface area (Å²) in [5, 5.41) is 3.10. The van der Waals surface area contributed by atoms with E-state index in [0.717, 1.165) is 34.3 Å². The molecule has 0 radical (unpaired) electrons. The number of carbonyl (C=O) groups is 1. The molecule has 4 rings (SSSR count). The van der Waals surface area contributed by atoms with Gasteiger partial charge < -0.3 is 19.5 Å². The second-order valence-corrected chi connectivity index (χ2v) is 9.19. The molecule has 1 aromatic heterocycles. The smallest absolute Gasteiger partial charge is 0.354 e. The Labute approximate surface area is 214 Å². The van der Waals surface area contributed by atoms with E-state index >= 15 is 0 Å². The van der Waals surface area contributed by atoms with Crippen molar-refractivity contribution in [3.63, 3.8) is 0 Å². The van der Waals surface area contributed by atoms with Gasteiger partial charge in [0.2, 0.25) is 5.95 Å². The Bertz CT molecular complexity index is 1320. The summed E-state index contributed by atoms with van der Waals surface area (Å²) < 4.78 is 18.5. The van der Waals surface area contributed by atoms with Gasteiger partial charge in [0.15, 0.2) is 0 Å². The first-order valence-electron chi connectivity index (χ1n) is 12.3. The van der Waals surface area contributed by atoms with Gasteiger partial charge in [-0.2, -0.15) is 4.98 Å². The molecule has 0 aliphatic carbocycles. The SMILES string of the molecule is COC(=O)[C@@H](C)Cn1c(=O)nc(Nc2ccc(OC3CCOCC3)cc2)n(Cc2ccc(C)cc2)c1=O. The van der Waals surface area contributed by atoms with Crippen molar-refractivity contribution in [3.05, 3.63) is 80.6 Å². The molecule has 1 saturated heterocycles. The summed E-state index contributed by atoms with van der Waals surface area (Å²) in [5.41, 5.74) is 1.28. The fourth-order valence-electron chi connectivity index (χ4n) is 4.08. The van der Waals surface area contributed by atoms with Crippen molar-refractivity contribution in [2.75, 3.05) is 25.6 Å². The molecule has 0 bridgehead atoms. The molecule has 1 aliphatic heterocycles. The Balaban J connectivity index is 1.62. The van der Waals surface area contributed by atoms with Crippen molar-refractivity contribution < 1.29 is 19.0 Å². The van der Waals surface area contributed by atoms with Gasteiger partial charge in [-0.05, 0) is 36.8 Å². The lowest BCUT2D eigenvalue weighted by Crippen LogP contribution is -2.44. The molecule has 1 fully saturated rings. The second-order valence-electron chi connectivity index (χ2n) is 9.19. The maximum atomic E-state index is 13.5. The minimum atomic E-state index is -0.747. The summed E-state index contributed by atoms with van der Waals surface area (Å²) in [6.45, 7) is 5.01. The molecule has 2 heterocycles. The van der Waals surface area contributed by atoms with Crippen molar-refractivity contribution >= 4 is 17.6 Å². The van der Waals surface area contributed by atoms with Gasteiger partial charge >= 0.3 is 17.3 Å². The van der Waals surface area contributed by atoms with E-state index in [1.54, 1.807) is 6.92 Å². The van der Waals surface area contributed by atoms with E-state index in [0.29, 0.717) is 18.9 Å². The van der Waals surface area contributed by atoms with Crippen LogP contribution in [0.15, 0.2) is 58.1 Å². The first-order chi connectivity index (χ1) is 17.8. The maximum absolute atomic E-state index is 13.5. The number of methoxy groups -OCH3 is 1. The first-order valence-corrected chi connectivity index (χ1v) is 12.3. The maximum Gasteiger partial charge on any atom is 0.354 e. The summed E-state index contributed by atoms with van der Waals surface area (Å²) in [4.78, 5) is 42.4. The molecule has 0 amide bonds. The molecule has 196 valence electrons. The van der Waals surface area contributed by atoms with Crippen LogP contribution in [0.3, 0.4) is 0 Å². The van der Waals surface area contributed by atoms with Gasteiger partial charge in [0.1, 0.15) is 11.9 Å². The van der Waals surface area contributed by atoms with Crippen LogP contribution in [0.2, 0.25) is 0 Å². The summed E-state index contributed by atoms with van der Waals surface area (Å²) in [7, 11) is 1.27. The van der Waals surface area contributed by atoms with Gasteiger partial charge in [-0.25, -0.2) is 14.2 Å². The highest BCUT2D eigenvalue weighted by atomic mass is 16.5. The number of hydrogen-bond acceptors (Lipinski definition) is 8. The molecule has 3 aromatic rings. The third-order valence-corrected chi connectivity index (χ3v) is 6.25. The Morgan fingerprint density at radius 2 is 1.76 bits per heavy atom. The average Bonchev–Trinajstić information content (AvgIpc) is 2.91.